The van der Waals surface area contributed by atoms with Gasteiger partial charge in [0.1, 0.15) is 0 Å². The first-order valence-corrected chi connectivity index (χ1v) is 9.62. The van der Waals surface area contributed by atoms with Gasteiger partial charge < -0.3 is 4.90 Å². The normalized spacial score (nSPS) is 25.0. The van der Waals surface area contributed by atoms with Crippen molar-refractivity contribution < 1.29 is 4.79 Å². The molecule has 0 N–H and O–H groups in total. The first-order chi connectivity index (χ1) is 10.7. The van der Waals surface area contributed by atoms with Gasteiger partial charge in [0.2, 0.25) is 5.91 Å². The van der Waals surface area contributed by atoms with E-state index in [1.165, 1.54) is 37.7 Å². The third-order valence-corrected chi connectivity index (χ3v) is 6.00. The number of carbonyl (C=O) groups excluding carboxylic acids is 1. The van der Waals surface area contributed by atoms with E-state index in [0.717, 1.165) is 22.6 Å². The summed E-state index contributed by atoms with van der Waals surface area (Å²) in [4.78, 5) is 15.0. The Kier molecular flexibility index (Phi) is 4.37. The van der Waals surface area contributed by atoms with Crippen molar-refractivity contribution in [1.82, 2.24) is 0 Å². The van der Waals surface area contributed by atoms with Crippen LogP contribution in [0.25, 0.3) is 0 Å². The number of anilines is 1. The number of hydrogen-bond donors (Lipinski definition) is 0. The molecule has 1 unspecified atom stereocenters. The molecule has 23 heavy (non-hydrogen) atoms. The van der Waals surface area contributed by atoms with Crippen LogP contribution in [0, 0.1) is 11.3 Å². The molecule has 126 valence electrons. The Morgan fingerprint density at radius 1 is 1.30 bits per heavy atom. The molecule has 1 aromatic carbocycles. The number of carbonyl (C=O) groups is 1. The molecule has 1 heterocycles. The van der Waals surface area contributed by atoms with E-state index in [4.69, 9.17) is 0 Å². The molecule has 0 saturated heterocycles. The molecule has 0 aromatic heterocycles. The highest BCUT2D eigenvalue weighted by molar-refractivity contribution is 9.10. The van der Waals surface area contributed by atoms with E-state index in [0.29, 0.717) is 0 Å². The smallest absolute Gasteiger partial charge is 0.232 e. The minimum Gasteiger partial charge on any atom is -0.311 e. The van der Waals surface area contributed by atoms with Crippen LogP contribution in [-0.4, -0.2) is 12.5 Å². The average molecular weight is 378 g/mol. The van der Waals surface area contributed by atoms with E-state index in [2.05, 4.69) is 41.1 Å². The molecular weight excluding hydrogens is 350 g/mol. The van der Waals surface area contributed by atoms with Crippen molar-refractivity contribution in [2.45, 2.75) is 65.2 Å². The molecule has 0 spiro atoms. The lowest BCUT2D eigenvalue weighted by molar-refractivity contribution is -0.125. The second kappa shape index (κ2) is 5.91. The molecule has 1 aliphatic heterocycles. The molecule has 2 aliphatic rings. The van der Waals surface area contributed by atoms with Crippen molar-refractivity contribution in [3.8, 4) is 0 Å². The minimum absolute atomic E-state index is 0.0784. The molecule has 0 radical (unpaired) electrons. The molecule has 1 atom stereocenters. The molecular formula is C20H28BrNO. The van der Waals surface area contributed by atoms with Crippen LogP contribution in [-0.2, 0) is 10.2 Å². The van der Waals surface area contributed by atoms with E-state index in [1.807, 2.05) is 25.7 Å². The van der Waals surface area contributed by atoms with Gasteiger partial charge in [0.15, 0.2) is 0 Å². The average Bonchev–Trinajstić information content (AvgIpc) is 3.04. The molecule has 1 amide bonds. The zero-order chi connectivity index (χ0) is 16.8. The Labute approximate surface area is 148 Å². The fourth-order valence-corrected chi connectivity index (χ4v) is 4.72. The minimum atomic E-state index is -0.344. The Morgan fingerprint density at radius 3 is 2.57 bits per heavy atom. The number of rotatable bonds is 2. The Balaban J connectivity index is 1.97. The monoisotopic (exact) mass is 377 g/mol. The maximum atomic E-state index is 13.0. The molecule has 1 aliphatic carbocycles. The van der Waals surface area contributed by atoms with Crippen LogP contribution < -0.4 is 4.90 Å². The number of halogens is 1. The van der Waals surface area contributed by atoms with Gasteiger partial charge in [-0.15, -0.1) is 0 Å². The highest BCUT2D eigenvalue weighted by atomic mass is 79.9. The Morgan fingerprint density at radius 2 is 1.96 bits per heavy atom. The molecule has 1 fully saturated rings. The maximum absolute atomic E-state index is 13.0. The summed E-state index contributed by atoms with van der Waals surface area (Å²) in [6.45, 7) is 9.22. The van der Waals surface area contributed by atoms with Crippen LogP contribution in [0.3, 0.4) is 0 Å². The van der Waals surface area contributed by atoms with Crippen LogP contribution in [0.5, 0.6) is 0 Å². The van der Waals surface area contributed by atoms with Gasteiger partial charge in [0.25, 0.3) is 0 Å². The lowest BCUT2D eigenvalue weighted by atomic mass is 9.76. The predicted molar refractivity (Wildman–Crippen MR) is 99.9 cm³/mol. The van der Waals surface area contributed by atoms with Gasteiger partial charge in [0, 0.05) is 27.5 Å². The summed E-state index contributed by atoms with van der Waals surface area (Å²) in [5.41, 5.74) is 2.20. The largest absolute Gasteiger partial charge is 0.311 e. The van der Waals surface area contributed by atoms with Crippen molar-refractivity contribution in [1.29, 1.82) is 0 Å². The van der Waals surface area contributed by atoms with Crippen LogP contribution in [0.4, 0.5) is 5.69 Å². The van der Waals surface area contributed by atoms with Crippen molar-refractivity contribution in [3.05, 3.63) is 28.2 Å². The SMILES string of the molecule is CC(C)(C)C(=O)N1CC(C)(CC2CCCC2)c2cc(Br)ccc21. The lowest BCUT2D eigenvalue weighted by Gasteiger charge is -2.31. The number of amides is 1. The summed E-state index contributed by atoms with van der Waals surface area (Å²) < 4.78 is 1.11. The second-order valence-electron chi connectivity index (χ2n) is 8.72. The highest BCUT2D eigenvalue weighted by Crippen LogP contribution is 2.48. The van der Waals surface area contributed by atoms with E-state index < -0.39 is 0 Å². The molecule has 1 saturated carbocycles. The fraction of sp³-hybridized carbons (Fsp3) is 0.650. The van der Waals surface area contributed by atoms with Gasteiger partial charge in [-0.1, -0.05) is 69.3 Å². The van der Waals surface area contributed by atoms with Crippen LogP contribution in [0.15, 0.2) is 22.7 Å². The number of hydrogen-bond acceptors (Lipinski definition) is 1. The summed E-state index contributed by atoms with van der Waals surface area (Å²) in [5, 5.41) is 0. The Bertz CT molecular complexity index is 613. The van der Waals surface area contributed by atoms with E-state index >= 15 is 0 Å². The van der Waals surface area contributed by atoms with Crippen molar-refractivity contribution in [2.24, 2.45) is 11.3 Å². The molecule has 0 bridgehead atoms. The zero-order valence-corrected chi connectivity index (χ0v) is 16.4. The molecule has 3 rings (SSSR count). The van der Waals surface area contributed by atoms with Crippen molar-refractivity contribution in [2.75, 3.05) is 11.4 Å². The maximum Gasteiger partial charge on any atom is 0.232 e. The summed E-state index contributed by atoms with van der Waals surface area (Å²) in [6, 6.07) is 6.41. The Hall–Kier alpha value is -0.830. The number of fused-ring (bicyclic) bond motifs is 1. The third kappa shape index (κ3) is 3.22. The summed E-state index contributed by atoms with van der Waals surface area (Å²) in [5.74, 6) is 1.05. The van der Waals surface area contributed by atoms with Gasteiger partial charge >= 0.3 is 0 Å². The third-order valence-electron chi connectivity index (χ3n) is 5.51. The van der Waals surface area contributed by atoms with E-state index in [9.17, 15) is 4.79 Å². The number of nitrogens with zero attached hydrogens (tertiary/aromatic N) is 1. The fourth-order valence-electron chi connectivity index (χ4n) is 4.36. The van der Waals surface area contributed by atoms with Crippen LogP contribution in [0.2, 0.25) is 0 Å². The van der Waals surface area contributed by atoms with Gasteiger partial charge in [-0.05, 0) is 36.1 Å². The van der Waals surface area contributed by atoms with Crippen molar-refractivity contribution >= 4 is 27.5 Å². The van der Waals surface area contributed by atoms with Crippen molar-refractivity contribution in [3.63, 3.8) is 0 Å². The van der Waals surface area contributed by atoms with Gasteiger partial charge in [-0.3, -0.25) is 4.79 Å². The zero-order valence-electron chi connectivity index (χ0n) is 14.8. The van der Waals surface area contributed by atoms with Crippen LogP contribution in [0.1, 0.15) is 65.4 Å². The predicted octanol–water partition coefficient (Wildman–Crippen LogP) is 5.68. The first kappa shape index (κ1) is 17.0. The summed E-state index contributed by atoms with van der Waals surface area (Å²) >= 11 is 3.62. The van der Waals surface area contributed by atoms with Crippen LogP contribution >= 0.6 is 15.9 Å². The second-order valence-corrected chi connectivity index (χ2v) is 9.63. The highest BCUT2D eigenvalue weighted by Gasteiger charge is 2.44. The van der Waals surface area contributed by atoms with E-state index in [-0.39, 0.29) is 16.7 Å². The first-order valence-electron chi connectivity index (χ1n) is 8.83. The van der Waals surface area contributed by atoms with Gasteiger partial charge in [-0.2, -0.15) is 0 Å². The van der Waals surface area contributed by atoms with Gasteiger partial charge in [-0.25, -0.2) is 0 Å². The molecule has 1 aromatic rings. The standard InChI is InChI=1S/C20H28BrNO/c1-19(2,3)18(23)22-13-20(4,12-14-7-5-6-8-14)16-11-15(21)9-10-17(16)22/h9-11,14H,5-8,12-13H2,1-4H3. The summed E-state index contributed by atoms with van der Waals surface area (Å²) in [7, 11) is 0. The topological polar surface area (TPSA) is 20.3 Å². The van der Waals surface area contributed by atoms with Gasteiger partial charge in [0.05, 0.1) is 0 Å². The quantitative estimate of drug-likeness (QED) is 0.648. The van der Waals surface area contributed by atoms with E-state index in [1.54, 1.807) is 0 Å². The molecule has 2 nitrogen and oxygen atoms in total. The summed E-state index contributed by atoms with van der Waals surface area (Å²) in [6.07, 6.45) is 6.65. The lowest BCUT2D eigenvalue weighted by Crippen LogP contribution is -2.42. The number of benzene rings is 1. The molecule has 3 heteroatoms.